The molecule has 156 valence electrons. The first-order valence-corrected chi connectivity index (χ1v) is 9.08. The van der Waals surface area contributed by atoms with Crippen molar-refractivity contribution in [2.75, 3.05) is 16.4 Å². The van der Waals surface area contributed by atoms with Gasteiger partial charge in [0, 0.05) is 17.3 Å². The fraction of sp³-hybridized carbons (Fsp3) is 0.0476. The Balaban J connectivity index is 1.64. The monoisotopic (exact) mass is 422 g/mol. The molecule has 0 bridgehead atoms. The van der Waals surface area contributed by atoms with Crippen molar-refractivity contribution in [1.29, 1.82) is 0 Å². The normalized spacial score (nSPS) is 10.8. The number of amides is 2. The van der Waals surface area contributed by atoms with E-state index in [9.17, 15) is 18.4 Å². The van der Waals surface area contributed by atoms with Crippen LogP contribution in [0.4, 0.5) is 30.8 Å². The van der Waals surface area contributed by atoms with Gasteiger partial charge in [-0.1, -0.05) is 12.1 Å². The Labute approximate surface area is 174 Å². The van der Waals surface area contributed by atoms with Gasteiger partial charge in [-0.25, -0.2) is 23.1 Å². The van der Waals surface area contributed by atoms with Gasteiger partial charge in [0.05, 0.1) is 11.4 Å². The minimum absolute atomic E-state index is 0.0269. The van der Waals surface area contributed by atoms with E-state index in [2.05, 4.69) is 20.7 Å². The molecule has 2 aromatic heterocycles. The van der Waals surface area contributed by atoms with Gasteiger partial charge < -0.3 is 16.4 Å². The number of rotatable bonds is 4. The molecule has 0 saturated heterocycles. The molecule has 0 fully saturated rings. The van der Waals surface area contributed by atoms with E-state index in [1.54, 1.807) is 13.0 Å². The molecule has 0 saturated carbocycles. The minimum atomic E-state index is -0.809. The predicted octanol–water partition coefficient (Wildman–Crippen LogP) is 4.02. The quantitative estimate of drug-likeness (QED) is 0.430. The van der Waals surface area contributed by atoms with Gasteiger partial charge in [-0.2, -0.15) is 5.10 Å². The van der Waals surface area contributed by atoms with Gasteiger partial charge in [0.25, 0.3) is 0 Å². The highest BCUT2D eigenvalue weighted by Gasteiger charge is 2.18. The number of fused-ring (bicyclic) bond motifs is 1. The van der Waals surface area contributed by atoms with Crippen molar-refractivity contribution in [3.8, 4) is 11.1 Å². The van der Waals surface area contributed by atoms with Crippen LogP contribution in [0.3, 0.4) is 0 Å². The number of aldehydes is 1. The summed E-state index contributed by atoms with van der Waals surface area (Å²) in [6.07, 6.45) is 3.31. The summed E-state index contributed by atoms with van der Waals surface area (Å²) >= 11 is 0. The van der Waals surface area contributed by atoms with Gasteiger partial charge >= 0.3 is 6.03 Å². The molecule has 4 rings (SSSR count). The number of nitrogens with two attached hydrogens (primary N) is 1. The second kappa shape index (κ2) is 7.82. The molecule has 0 unspecified atom stereocenters. The molecule has 31 heavy (non-hydrogen) atoms. The number of hydrogen-bond acceptors (Lipinski definition) is 5. The molecule has 10 heteroatoms. The summed E-state index contributed by atoms with van der Waals surface area (Å²) in [6.45, 7) is 1.75. The van der Waals surface area contributed by atoms with Crippen molar-refractivity contribution >= 4 is 35.0 Å². The Morgan fingerprint density at radius 3 is 2.61 bits per heavy atom. The van der Waals surface area contributed by atoms with Crippen LogP contribution in [-0.4, -0.2) is 26.9 Å². The lowest BCUT2D eigenvalue weighted by Crippen LogP contribution is -2.20. The molecule has 0 radical (unpaired) electrons. The predicted molar refractivity (Wildman–Crippen MR) is 112 cm³/mol. The number of nitrogen functional groups attached to an aromatic ring is 1. The van der Waals surface area contributed by atoms with E-state index in [4.69, 9.17) is 5.73 Å². The number of nitrogens with zero attached hydrogens (tertiary/aromatic N) is 3. The number of carbonyl (C=O) groups excluding carboxylic acids is 2. The Hall–Kier alpha value is -4.34. The van der Waals surface area contributed by atoms with Crippen molar-refractivity contribution in [1.82, 2.24) is 14.6 Å². The number of halogens is 2. The van der Waals surface area contributed by atoms with Gasteiger partial charge in [0.2, 0.25) is 0 Å². The number of nitrogens with one attached hydrogen (secondary N) is 2. The lowest BCUT2D eigenvalue weighted by atomic mass is 10.0. The third kappa shape index (κ3) is 3.78. The van der Waals surface area contributed by atoms with Crippen LogP contribution in [0.5, 0.6) is 0 Å². The highest BCUT2D eigenvalue weighted by atomic mass is 19.1. The van der Waals surface area contributed by atoms with E-state index in [1.807, 2.05) is 0 Å². The van der Waals surface area contributed by atoms with E-state index in [-0.39, 0.29) is 22.8 Å². The smallest absolute Gasteiger partial charge is 0.323 e. The van der Waals surface area contributed by atoms with Gasteiger partial charge in [-0.3, -0.25) is 4.79 Å². The molecule has 2 aromatic carbocycles. The van der Waals surface area contributed by atoms with Crippen molar-refractivity contribution in [3.63, 3.8) is 0 Å². The molecular weight excluding hydrogens is 406 g/mol. The van der Waals surface area contributed by atoms with Crippen LogP contribution in [0, 0.1) is 18.6 Å². The Morgan fingerprint density at radius 1 is 1.10 bits per heavy atom. The summed E-state index contributed by atoms with van der Waals surface area (Å²) in [5, 5.41) is 8.69. The first-order valence-electron chi connectivity index (χ1n) is 9.08. The standard InChI is InChI=1S/C21H16F2N6O2/c1-11-2-4-14(22)17(6-11)28-21(31)27-16-5-3-12(7-15(16)23)18-13(9-30)8-29-19(18)20(24)25-10-26-29/h2-10H,1H3,(H2,24,25,26)(H2,27,28,31). The fourth-order valence-corrected chi connectivity index (χ4v) is 3.23. The summed E-state index contributed by atoms with van der Waals surface area (Å²) in [7, 11) is 0. The first kappa shape index (κ1) is 20.0. The summed E-state index contributed by atoms with van der Waals surface area (Å²) < 4.78 is 30.0. The number of hydrogen-bond donors (Lipinski definition) is 3. The van der Waals surface area contributed by atoms with Gasteiger partial charge in [-0.05, 0) is 42.3 Å². The maximum absolute atomic E-state index is 14.7. The average Bonchev–Trinajstić information content (AvgIpc) is 3.12. The summed E-state index contributed by atoms with van der Waals surface area (Å²) in [4.78, 5) is 27.6. The topological polar surface area (TPSA) is 114 Å². The molecule has 8 nitrogen and oxygen atoms in total. The lowest BCUT2D eigenvalue weighted by molar-refractivity contribution is 0.112. The van der Waals surface area contributed by atoms with Crippen LogP contribution in [0.25, 0.3) is 16.6 Å². The summed E-state index contributed by atoms with van der Waals surface area (Å²) in [5.41, 5.74) is 7.83. The van der Waals surface area contributed by atoms with Crippen LogP contribution in [0.15, 0.2) is 48.9 Å². The Bertz CT molecular complexity index is 1340. The van der Waals surface area contributed by atoms with Crippen LogP contribution < -0.4 is 16.4 Å². The molecule has 0 aliphatic carbocycles. The van der Waals surface area contributed by atoms with Gasteiger partial charge in [0.15, 0.2) is 12.1 Å². The molecule has 0 atom stereocenters. The molecule has 2 heterocycles. The van der Waals surface area contributed by atoms with E-state index in [1.165, 1.54) is 41.3 Å². The minimum Gasteiger partial charge on any atom is -0.382 e. The average molecular weight is 422 g/mol. The molecule has 0 aliphatic heterocycles. The lowest BCUT2D eigenvalue weighted by Gasteiger charge is -2.11. The number of aromatic nitrogens is 3. The number of urea groups is 1. The molecule has 0 spiro atoms. The van der Waals surface area contributed by atoms with E-state index in [0.717, 1.165) is 11.6 Å². The van der Waals surface area contributed by atoms with Crippen LogP contribution in [-0.2, 0) is 0 Å². The van der Waals surface area contributed by atoms with Crippen molar-refractivity contribution in [2.45, 2.75) is 6.92 Å². The second-order valence-corrected chi connectivity index (χ2v) is 6.77. The fourth-order valence-electron chi connectivity index (χ4n) is 3.23. The maximum atomic E-state index is 14.7. The van der Waals surface area contributed by atoms with Crippen LogP contribution >= 0.6 is 0 Å². The Morgan fingerprint density at radius 2 is 1.87 bits per heavy atom. The van der Waals surface area contributed by atoms with Crippen molar-refractivity contribution in [3.05, 3.63) is 71.7 Å². The molecule has 4 aromatic rings. The van der Waals surface area contributed by atoms with E-state index in [0.29, 0.717) is 22.9 Å². The third-order valence-electron chi connectivity index (χ3n) is 4.63. The number of anilines is 3. The number of carbonyl (C=O) groups is 2. The van der Waals surface area contributed by atoms with Crippen molar-refractivity contribution in [2.24, 2.45) is 0 Å². The number of aryl methyl sites for hydroxylation is 1. The van der Waals surface area contributed by atoms with Gasteiger partial charge in [0.1, 0.15) is 23.5 Å². The first-order chi connectivity index (χ1) is 14.9. The van der Waals surface area contributed by atoms with E-state index >= 15 is 0 Å². The third-order valence-corrected chi connectivity index (χ3v) is 4.63. The number of benzene rings is 2. The highest BCUT2D eigenvalue weighted by molar-refractivity contribution is 6.01. The molecule has 4 N–H and O–H groups in total. The van der Waals surface area contributed by atoms with E-state index < -0.39 is 17.7 Å². The molecule has 2 amide bonds. The highest BCUT2D eigenvalue weighted by Crippen LogP contribution is 2.33. The largest absolute Gasteiger partial charge is 0.382 e. The zero-order chi connectivity index (χ0) is 22.1. The maximum Gasteiger partial charge on any atom is 0.323 e. The zero-order valence-corrected chi connectivity index (χ0v) is 16.2. The molecule has 0 aliphatic rings. The van der Waals surface area contributed by atoms with Crippen LogP contribution in [0.1, 0.15) is 15.9 Å². The van der Waals surface area contributed by atoms with Crippen molar-refractivity contribution < 1.29 is 18.4 Å². The van der Waals surface area contributed by atoms with Crippen LogP contribution in [0.2, 0.25) is 0 Å². The summed E-state index contributed by atoms with van der Waals surface area (Å²) in [6, 6.07) is 7.43. The second-order valence-electron chi connectivity index (χ2n) is 6.77. The molecular formula is C21H16F2N6O2. The Kier molecular flexibility index (Phi) is 5.04. The SMILES string of the molecule is Cc1ccc(F)c(NC(=O)Nc2ccc(-c3c(C=O)cn4ncnc(N)c34)cc2F)c1. The summed E-state index contributed by atoms with van der Waals surface area (Å²) in [5.74, 6) is -1.25. The zero-order valence-electron chi connectivity index (χ0n) is 16.2. The van der Waals surface area contributed by atoms with Gasteiger partial charge in [-0.15, -0.1) is 0 Å².